The number of benzene rings is 2. The second-order valence-corrected chi connectivity index (χ2v) is 8.52. The topological polar surface area (TPSA) is 38.3 Å². The highest BCUT2D eigenvalue weighted by Gasteiger charge is 2.52. The van der Waals surface area contributed by atoms with Gasteiger partial charge in [0.05, 0.1) is 0 Å². The number of carbonyl (C=O) groups is 1. The zero-order valence-electron chi connectivity index (χ0n) is 15.7. The fourth-order valence-electron chi connectivity index (χ4n) is 3.72. The molecule has 1 amide bonds. The molecule has 3 rings (SSSR count). The number of hydrogen-bond donors (Lipinski definition) is 1. The van der Waals surface area contributed by atoms with Gasteiger partial charge < -0.3 is 10.1 Å². The molecule has 3 nitrogen and oxygen atoms in total. The second kappa shape index (κ2) is 5.91. The molecule has 3 heteroatoms. The monoisotopic (exact) mass is 337 g/mol. The number of ether oxygens (including phenoxy) is 1. The highest BCUT2D eigenvalue weighted by atomic mass is 16.5. The van der Waals surface area contributed by atoms with Crippen molar-refractivity contribution >= 4 is 5.91 Å². The predicted octanol–water partition coefficient (Wildman–Crippen LogP) is 4.45. The SMILES string of the molecule is CC1(C)CC(c2ccccc2)(c2ccc(OC(C)(C)C)cc2)C(=O)N1. The van der Waals surface area contributed by atoms with Crippen LogP contribution in [0.3, 0.4) is 0 Å². The molecule has 0 bridgehead atoms. The van der Waals surface area contributed by atoms with Crippen LogP contribution in [0.4, 0.5) is 0 Å². The maximum atomic E-state index is 13.1. The van der Waals surface area contributed by atoms with Crippen molar-refractivity contribution in [1.82, 2.24) is 5.32 Å². The Kier molecular flexibility index (Phi) is 4.14. The van der Waals surface area contributed by atoms with E-state index in [1.54, 1.807) is 0 Å². The average molecular weight is 337 g/mol. The van der Waals surface area contributed by atoms with Crippen LogP contribution >= 0.6 is 0 Å². The van der Waals surface area contributed by atoms with Crippen LogP contribution in [0.25, 0.3) is 0 Å². The van der Waals surface area contributed by atoms with Crippen LogP contribution in [0.15, 0.2) is 54.6 Å². The van der Waals surface area contributed by atoms with E-state index in [1.165, 1.54) is 0 Å². The molecule has 1 fully saturated rings. The molecule has 1 atom stereocenters. The van der Waals surface area contributed by atoms with Crippen molar-refractivity contribution in [3.63, 3.8) is 0 Å². The highest BCUT2D eigenvalue weighted by Crippen LogP contribution is 2.44. The zero-order chi connectivity index (χ0) is 18.3. The van der Waals surface area contributed by atoms with Gasteiger partial charge >= 0.3 is 0 Å². The van der Waals surface area contributed by atoms with Crippen molar-refractivity contribution in [3.05, 3.63) is 65.7 Å². The third-order valence-corrected chi connectivity index (χ3v) is 4.58. The number of amides is 1. The summed E-state index contributed by atoms with van der Waals surface area (Å²) < 4.78 is 5.93. The van der Waals surface area contributed by atoms with Crippen LogP contribution in [0, 0.1) is 0 Å². The Morgan fingerprint density at radius 1 is 0.920 bits per heavy atom. The fraction of sp³-hybridized carbons (Fsp3) is 0.409. The van der Waals surface area contributed by atoms with E-state index in [2.05, 4.69) is 19.2 Å². The molecule has 1 unspecified atom stereocenters. The van der Waals surface area contributed by atoms with Gasteiger partial charge in [0.25, 0.3) is 0 Å². The molecular weight excluding hydrogens is 310 g/mol. The Balaban J connectivity index is 2.06. The number of carbonyl (C=O) groups excluding carboxylic acids is 1. The summed E-state index contributed by atoms with van der Waals surface area (Å²) in [5.41, 5.74) is 0.884. The molecule has 1 aliphatic heterocycles. The lowest BCUT2D eigenvalue weighted by Crippen LogP contribution is -2.38. The second-order valence-electron chi connectivity index (χ2n) is 8.52. The van der Waals surface area contributed by atoms with Crippen LogP contribution in [-0.2, 0) is 10.2 Å². The Labute approximate surface area is 150 Å². The van der Waals surface area contributed by atoms with Crippen LogP contribution in [0.1, 0.15) is 52.2 Å². The molecule has 0 saturated carbocycles. The van der Waals surface area contributed by atoms with Crippen LogP contribution in [0.2, 0.25) is 0 Å². The van der Waals surface area contributed by atoms with Gasteiger partial charge in [-0.1, -0.05) is 42.5 Å². The summed E-state index contributed by atoms with van der Waals surface area (Å²) in [6, 6.07) is 18.0. The van der Waals surface area contributed by atoms with Crippen LogP contribution < -0.4 is 10.1 Å². The van der Waals surface area contributed by atoms with Crippen molar-refractivity contribution in [3.8, 4) is 5.75 Å². The standard InChI is InChI=1S/C22H27NO2/c1-20(2,3)25-18-13-11-17(12-14-18)22(16-9-7-6-8-10-16)15-21(4,5)23-19(22)24/h6-14H,15H2,1-5H3,(H,23,24). The molecular formula is C22H27NO2. The molecule has 1 saturated heterocycles. The van der Waals surface area contributed by atoms with Crippen LogP contribution in [-0.4, -0.2) is 17.0 Å². The molecule has 0 aromatic heterocycles. The van der Waals surface area contributed by atoms with Gasteiger partial charge in [0.15, 0.2) is 0 Å². The van der Waals surface area contributed by atoms with E-state index in [0.29, 0.717) is 0 Å². The van der Waals surface area contributed by atoms with Gasteiger partial charge in [-0.25, -0.2) is 0 Å². The van der Waals surface area contributed by atoms with Crippen molar-refractivity contribution in [1.29, 1.82) is 0 Å². The minimum atomic E-state index is -0.662. The molecule has 0 aliphatic carbocycles. The van der Waals surface area contributed by atoms with E-state index in [1.807, 2.05) is 75.4 Å². The minimum Gasteiger partial charge on any atom is -0.488 e. The summed E-state index contributed by atoms with van der Waals surface area (Å²) in [6.45, 7) is 10.2. The molecule has 1 aliphatic rings. The first-order chi connectivity index (χ1) is 11.6. The molecule has 25 heavy (non-hydrogen) atoms. The first-order valence-electron chi connectivity index (χ1n) is 8.80. The summed E-state index contributed by atoms with van der Waals surface area (Å²) in [6.07, 6.45) is 0.725. The van der Waals surface area contributed by atoms with E-state index in [0.717, 1.165) is 23.3 Å². The minimum absolute atomic E-state index is 0.0631. The Hall–Kier alpha value is -2.29. The van der Waals surface area contributed by atoms with Gasteiger partial charge in [-0.15, -0.1) is 0 Å². The lowest BCUT2D eigenvalue weighted by Gasteiger charge is -2.29. The smallest absolute Gasteiger partial charge is 0.235 e. The first kappa shape index (κ1) is 17.5. The number of hydrogen-bond acceptors (Lipinski definition) is 2. The summed E-state index contributed by atoms with van der Waals surface area (Å²) >= 11 is 0. The maximum absolute atomic E-state index is 13.1. The molecule has 1 heterocycles. The third kappa shape index (κ3) is 3.41. The van der Waals surface area contributed by atoms with E-state index in [9.17, 15) is 4.79 Å². The summed E-state index contributed by atoms with van der Waals surface area (Å²) in [7, 11) is 0. The molecule has 0 radical (unpaired) electrons. The quantitative estimate of drug-likeness (QED) is 0.899. The fourth-order valence-corrected chi connectivity index (χ4v) is 3.72. The van der Waals surface area contributed by atoms with Gasteiger partial charge in [-0.3, -0.25) is 4.79 Å². The summed E-state index contributed by atoms with van der Waals surface area (Å²) in [5.74, 6) is 0.880. The average Bonchev–Trinajstić information content (AvgIpc) is 2.77. The normalized spacial score (nSPS) is 22.5. The van der Waals surface area contributed by atoms with E-state index >= 15 is 0 Å². The van der Waals surface area contributed by atoms with Crippen molar-refractivity contribution < 1.29 is 9.53 Å². The predicted molar refractivity (Wildman–Crippen MR) is 101 cm³/mol. The van der Waals surface area contributed by atoms with E-state index < -0.39 is 5.41 Å². The molecule has 2 aromatic carbocycles. The van der Waals surface area contributed by atoms with Crippen molar-refractivity contribution in [2.24, 2.45) is 0 Å². The third-order valence-electron chi connectivity index (χ3n) is 4.58. The van der Waals surface area contributed by atoms with E-state index in [-0.39, 0.29) is 17.0 Å². The van der Waals surface area contributed by atoms with Gasteiger partial charge in [-0.2, -0.15) is 0 Å². The lowest BCUT2D eigenvalue weighted by molar-refractivity contribution is -0.123. The van der Waals surface area contributed by atoms with E-state index in [4.69, 9.17) is 4.74 Å². The number of rotatable bonds is 3. The maximum Gasteiger partial charge on any atom is 0.235 e. The molecule has 0 spiro atoms. The molecule has 2 aromatic rings. The largest absolute Gasteiger partial charge is 0.488 e. The lowest BCUT2D eigenvalue weighted by atomic mass is 9.70. The van der Waals surface area contributed by atoms with Crippen LogP contribution in [0.5, 0.6) is 5.75 Å². The molecule has 1 N–H and O–H groups in total. The van der Waals surface area contributed by atoms with Gasteiger partial charge in [0, 0.05) is 5.54 Å². The van der Waals surface area contributed by atoms with Gasteiger partial charge in [0.2, 0.25) is 5.91 Å². The Morgan fingerprint density at radius 3 is 1.96 bits per heavy atom. The number of nitrogens with one attached hydrogen (secondary N) is 1. The Morgan fingerprint density at radius 2 is 1.48 bits per heavy atom. The van der Waals surface area contributed by atoms with Gasteiger partial charge in [0.1, 0.15) is 16.8 Å². The van der Waals surface area contributed by atoms with Crippen molar-refractivity contribution in [2.75, 3.05) is 0 Å². The first-order valence-corrected chi connectivity index (χ1v) is 8.80. The summed E-state index contributed by atoms with van der Waals surface area (Å²) in [5, 5.41) is 3.16. The highest BCUT2D eigenvalue weighted by molar-refractivity contribution is 5.95. The molecule has 132 valence electrons. The van der Waals surface area contributed by atoms with Crippen molar-refractivity contribution in [2.45, 2.75) is 57.6 Å². The summed E-state index contributed by atoms with van der Waals surface area (Å²) in [4.78, 5) is 13.1. The Bertz CT molecular complexity index is 757. The van der Waals surface area contributed by atoms with Gasteiger partial charge in [-0.05, 0) is 64.3 Å². The zero-order valence-corrected chi connectivity index (χ0v) is 15.7.